The number of hydrogen-bond acceptors (Lipinski definition) is 7. The van der Waals surface area contributed by atoms with Crippen molar-refractivity contribution < 1.29 is 19.1 Å². The number of carbonyl (C=O) groups is 3. The number of imide groups is 1. The second-order valence-electron chi connectivity index (χ2n) is 8.98. The van der Waals surface area contributed by atoms with Crippen LogP contribution in [0, 0.1) is 20.8 Å². The molecule has 0 unspecified atom stereocenters. The van der Waals surface area contributed by atoms with E-state index in [1.54, 1.807) is 67.8 Å². The van der Waals surface area contributed by atoms with Gasteiger partial charge in [0, 0.05) is 30.4 Å². The van der Waals surface area contributed by atoms with Crippen LogP contribution in [-0.2, 0) is 4.79 Å². The third-order valence-corrected chi connectivity index (χ3v) is 6.32. The number of carbonyl (C=O) groups excluding carboxylic acids is 3. The predicted octanol–water partition coefficient (Wildman–Crippen LogP) is 4.39. The third kappa shape index (κ3) is 5.01. The second-order valence-corrected chi connectivity index (χ2v) is 8.98. The Bertz CT molecular complexity index is 1510. The lowest BCUT2D eigenvalue weighted by Gasteiger charge is -2.13. The van der Waals surface area contributed by atoms with Gasteiger partial charge in [0.05, 0.1) is 16.8 Å². The van der Waals surface area contributed by atoms with Crippen molar-refractivity contribution in [2.24, 2.45) is 0 Å². The zero-order valence-corrected chi connectivity index (χ0v) is 21.3. The maximum atomic E-state index is 12.4. The van der Waals surface area contributed by atoms with E-state index >= 15 is 0 Å². The smallest absolute Gasteiger partial charge is 0.261 e. The summed E-state index contributed by atoms with van der Waals surface area (Å²) in [5, 5.41) is 2.83. The molecule has 3 heterocycles. The first-order chi connectivity index (χ1) is 18.3. The molecular formula is C28H26N6O4. The van der Waals surface area contributed by atoms with Gasteiger partial charge in [0.1, 0.15) is 23.7 Å². The van der Waals surface area contributed by atoms with Gasteiger partial charge in [0.15, 0.2) is 0 Å². The van der Waals surface area contributed by atoms with Gasteiger partial charge in [-0.2, -0.15) is 4.98 Å². The lowest BCUT2D eigenvalue weighted by atomic mass is 10.1. The quantitative estimate of drug-likeness (QED) is 0.349. The molecule has 10 heteroatoms. The zero-order chi connectivity index (χ0) is 26.8. The topological polar surface area (TPSA) is 119 Å². The summed E-state index contributed by atoms with van der Waals surface area (Å²) in [5.41, 5.74) is 3.32. The van der Waals surface area contributed by atoms with Crippen molar-refractivity contribution in [1.82, 2.24) is 24.4 Å². The van der Waals surface area contributed by atoms with Crippen molar-refractivity contribution in [3.8, 4) is 17.4 Å². The number of imidazole rings is 1. The van der Waals surface area contributed by atoms with Crippen LogP contribution < -0.4 is 10.1 Å². The number of aryl methyl sites for hydroxylation is 2. The minimum Gasteiger partial charge on any atom is -0.439 e. The molecule has 0 fully saturated rings. The number of aromatic nitrogens is 4. The number of anilines is 1. The highest BCUT2D eigenvalue weighted by Gasteiger charge is 2.34. The molecule has 4 aromatic rings. The van der Waals surface area contributed by atoms with Crippen LogP contribution in [0.15, 0.2) is 60.9 Å². The first-order valence-corrected chi connectivity index (χ1v) is 12.2. The maximum absolute atomic E-state index is 12.4. The molecule has 38 heavy (non-hydrogen) atoms. The Morgan fingerprint density at radius 2 is 1.63 bits per heavy atom. The van der Waals surface area contributed by atoms with Crippen LogP contribution in [0.5, 0.6) is 11.6 Å². The molecular weight excluding hydrogens is 484 g/mol. The van der Waals surface area contributed by atoms with E-state index < -0.39 is 0 Å². The number of benzene rings is 2. The highest BCUT2D eigenvalue weighted by Crippen LogP contribution is 2.25. The normalized spacial score (nSPS) is 12.6. The van der Waals surface area contributed by atoms with Gasteiger partial charge in [-0.3, -0.25) is 23.9 Å². The average Bonchev–Trinajstić information content (AvgIpc) is 3.36. The van der Waals surface area contributed by atoms with Gasteiger partial charge in [0.25, 0.3) is 11.8 Å². The van der Waals surface area contributed by atoms with Gasteiger partial charge in [-0.1, -0.05) is 12.1 Å². The Kier molecular flexibility index (Phi) is 6.69. The van der Waals surface area contributed by atoms with Gasteiger partial charge in [-0.25, -0.2) is 9.97 Å². The molecule has 0 bridgehead atoms. The first kappa shape index (κ1) is 24.8. The molecule has 2 aromatic carbocycles. The number of nitrogens with zero attached hydrogens (tertiary/aromatic N) is 5. The summed E-state index contributed by atoms with van der Waals surface area (Å²) in [7, 11) is 0. The fraction of sp³-hybridized carbons (Fsp3) is 0.214. The van der Waals surface area contributed by atoms with Crippen LogP contribution >= 0.6 is 0 Å². The molecule has 0 spiro atoms. The summed E-state index contributed by atoms with van der Waals surface area (Å²) in [6.45, 7) is 5.89. The fourth-order valence-corrected chi connectivity index (χ4v) is 4.22. The highest BCUT2D eigenvalue weighted by atomic mass is 16.5. The lowest BCUT2D eigenvalue weighted by Crippen LogP contribution is -2.31. The summed E-state index contributed by atoms with van der Waals surface area (Å²) >= 11 is 0. The predicted molar refractivity (Wildman–Crippen MR) is 140 cm³/mol. The molecule has 1 aliphatic heterocycles. The number of rotatable bonds is 8. The van der Waals surface area contributed by atoms with Crippen LogP contribution in [0.4, 0.5) is 5.69 Å². The lowest BCUT2D eigenvalue weighted by molar-refractivity contribution is -0.116. The van der Waals surface area contributed by atoms with E-state index in [-0.39, 0.29) is 30.7 Å². The van der Waals surface area contributed by atoms with E-state index in [4.69, 9.17) is 4.74 Å². The highest BCUT2D eigenvalue weighted by molar-refractivity contribution is 6.21. The summed E-state index contributed by atoms with van der Waals surface area (Å²) in [6.07, 6.45) is 2.25. The van der Waals surface area contributed by atoms with Crippen molar-refractivity contribution in [3.05, 3.63) is 89.3 Å². The van der Waals surface area contributed by atoms with Crippen LogP contribution in [-0.4, -0.2) is 48.7 Å². The molecule has 5 rings (SSSR count). The third-order valence-electron chi connectivity index (χ3n) is 6.32. The molecule has 0 aliphatic carbocycles. The Hall–Kier alpha value is -4.86. The Labute approximate surface area is 219 Å². The van der Waals surface area contributed by atoms with Gasteiger partial charge < -0.3 is 10.1 Å². The summed E-state index contributed by atoms with van der Waals surface area (Å²) in [4.78, 5) is 51.7. The molecule has 1 N–H and O–H groups in total. The van der Waals surface area contributed by atoms with E-state index in [1.807, 2.05) is 18.4 Å². The van der Waals surface area contributed by atoms with Crippen LogP contribution in [0.3, 0.4) is 0 Å². The average molecular weight is 511 g/mol. The van der Waals surface area contributed by atoms with E-state index in [2.05, 4.69) is 20.3 Å². The molecule has 0 atom stereocenters. The molecule has 0 saturated heterocycles. The van der Waals surface area contributed by atoms with Crippen LogP contribution in [0.2, 0.25) is 0 Å². The largest absolute Gasteiger partial charge is 0.439 e. The summed E-state index contributed by atoms with van der Waals surface area (Å²) < 4.78 is 7.81. The van der Waals surface area contributed by atoms with Gasteiger partial charge >= 0.3 is 0 Å². The van der Waals surface area contributed by atoms with Crippen LogP contribution in [0.25, 0.3) is 5.82 Å². The van der Waals surface area contributed by atoms with Gasteiger partial charge in [-0.15, -0.1) is 0 Å². The van der Waals surface area contributed by atoms with Crippen molar-refractivity contribution in [2.75, 3.05) is 11.9 Å². The molecule has 0 saturated carbocycles. The van der Waals surface area contributed by atoms with Crippen molar-refractivity contribution in [1.29, 1.82) is 0 Å². The summed E-state index contributed by atoms with van der Waals surface area (Å²) in [6, 6.07) is 15.4. The van der Waals surface area contributed by atoms with Gasteiger partial charge in [0.2, 0.25) is 11.8 Å². The second kappa shape index (κ2) is 10.3. The monoisotopic (exact) mass is 510 g/mol. The van der Waals surface area contributed by atoms with Crippen molar-refractivity contribution >= 4 is 23.4 Å². The fourth-order valence-electron chi connectivity index (χ4n) is 4.22. The number of nitrogens with one attached hydrogen (secondary N) is 1. The van der Waals surface area contributed by atoms with E-state index in [9.17, 15) is 14.4 Å². The number of ether oxygens (including phenoxy) is 1. The summed E-state index contributed by atoms with van der Waals surface area (Å²) in [5.74, 6) is 1.33. The number of hydrogen-bond donors (Lipinski definition) is 1. The van der Waals surface area contributed by atoms with Crippen molar-refractivity contribution in [3.63, 3.8) is 0 Å². The number of amides is 3. The molecule has 10 nitrogen and oxygen atoms in total. The molecule has 3 amide bonds. The molecule has 0 radical (unpaired) electrons. The Morgan fingerprint density at radius 1 is 0.947 bits per heavy atom. The Balaban J connectivity index is 1.15. The first-order valence-electron chi connectivity index (χ1n) is 12.2. The van der Waals surface area contributed by atoms with E-state index in [0.717, 1.165) is 11.4 Å². The minimum absolute atomic E-state index is 0.168. The van der Waals surface area contributed by atoms with E-state index in [1.165, 1.54) is 4.90 Å². The SMILES string of the molecule is Cc1nc(Oc2ccc(NC(=O)CCCN3C(=O)c4ccccc4C3=O)cc2)cc(-n2cnc(C)c2C)n1. The van der Waals surface area contributed by atoms with E-state index in [0.29, 0.717) is 46.5 Å². The maximum Gasteiger partial charge on any atom is 0.261 e. The minimum atomic E-state index is -0.317. The van der Waals surface area contributed by atoms with Crippen molar-refractivity contribution in [2.45, 2.75) is 33.6 Å². The molecule has 192 valence electrons. The zero-order valence-electron chi connectivity index (χ0n) is 21.3. The van der Waals surface area contributed by atoms with Gasteiger partial charge in [-0.05, 0) is 63.6 Å². The standard InChI is InChI=1S/C28H26N6O4/c1-17-18(2)34(16-29-17)24-15-26(31-19(3)30-24)38-21-12-10-20(11-13-21)32-25(35)9-6-14-33-27(36)22-7-4-5-8-23(22)28(33)37/h4-5,7-8,10-13,15-16H,6,9,14H2,1-3H3,(H,32,35). The molecule has 1 aliphatic rings. The number of fused-ring (bicyclic) bond motifs is 1. The Morgan fingerprint density at radius 3 is 2.26 bits per heavy atom. The van der Waals surface area contributed by atoms with Crippen LogP contribution in [0.1, 0.15) is 50.8 Å². The molecule has 2 aromatic heterocycles.